The predicted octanol–water partition coefficient (Wildman–Crippen LogP) is -0.392. The van der Waals surface area contributed by atoms with Gasteiger partial charge in [-0.2, -0.15) is 0 Å². The number of nitrogens with one attached hydrogen (secondary N) is 1. The lowest BCUT2D eigenvalue weighted by molar-refractivity contribution is -0.0534. The molecule has 3 N–H and O–H groups in total. The summed E-state index contributed by atoms with van der Waals surface area (Å²) in [5.74, 6) is 0. The maximum Gasteiger partial charge on any atom is 0.408 e. The van der Waals surface area contributed by atoms with Crippen molar-refractivity contribution in [3.05, 3.63) is 37.6 Å². The van der Waals surface area contributed by atoms with Crippen LogP contribution in [0.5, 0.6) is 0 Å². The number of hydrogen-bond acceptors (Lipinski definition) is 8. The van der Waals surface area contributed by atoms with Crippen molar-refractivity contribution in [1.29, 1.82) is 0 Å². The van der Waals surface area contributed by atoms with Crippen molar-refractivity contribution in [2.45, 2.75) is 24.5 Å². The molecule has 2 fully saturated rings. The van der Waals surface area contributed by atoms with Gasteiger partial charge in [0.15, 0.2) is 6.23 Å². The Kier molecular flexibility index (Phi) is 6.18. The zero-order chi connectivity index (χ0) is 19.8. The molecule has 27 heavy (non-hydrogen) atoms. The van der Waals surface area contributed by atoms with Gasteiger partial charge in [0.1, 0.15) is 18.3 Å². The molecule has 13 heteroatoms. The monoisotopic (exact) mass is 467 g/mol. The van der Waals surface area contributed by atoms with Crippen molar-refractivity contribution in [3.63, 3.8) is 0 Å². The average molecular weight is 468 g/mol. The molecule has 3 heterocycles. The molecule has 11 nitrogen and oxygen atoms in total. The number of aliphatic hydroxyl groups is 2. The lowest BCUT2D eigenvalue weighted by Gasteiger charge is -2.21. The second-order valence-electron chi connectivity index (χ2n) is 6.07. The van der Waals surface area contributed by atoms with Crippen LogP contribution in [0.1, 0.15) is 11.8 Å². The summed E-state index contributed by atoms with van der Waals surface area (Å²) in [7, 11) is -1.87. The van der Waals surface area contributed by atoms with E-state index in [9.17, 15) is 24.4 Å². The molecule has 5 atom stereocenters. The minimum absolute atomic E-state index is 0.141. The number of halogens is 1. The van der Waals surface area contributed by atoms with E-state index in [0.29, 0.717) is 6.54 Å². The third kappa shape index (κ3) is 4.03. The van der Waals surface area contributed by atoms with Crippen LogP contribution in [0.3, 0.4) is 0 Å². The lowest BCUT2D eigenvalue weighted by Crippen LogP contribution is -2.38. The van der Waals surface area contributed by atoms with E-state index in [2.05, 4.69) is 20.9 Å². The number of aromatic amines is 1. The summed E-state index contributed by atoms with van der Waals surface area (Å²) in [5.41, 5.74) is -1.28. The standard InChI is InChI=1S/C14H19BrN3O8P/c1-17-4-5-24-27(17,23)25-7-9-10(19)11(20)13(26-9)18-6-8(2-3-15)12(21)16-14(18)22/h2-3,6,9-11,13,19-20H,4-5,7H2,1H3,(H,16,21,22)/b3-2+/t9-,10-,11-,13-,27?/m1/s1. The topological polar surface area (TPSA) is 143 Å². The number of likely N-dealkylation sites (N-methyl/N-ethyl adjacent to an activating group) is 1. The summed E-state index contributed by atoms with van der Waals surface area (Å²) in [6, 6.07) is 0. The first-order chi connectivity index (χ1) is 12.8. The molecule has 2 aliphatic heterocycles. The Balaban J connectivity index is 1.79. The van der Waals surface area contributed by atoms with Gasteiger partial charge in [-0.15, -0.1) is 0 Å². The molecule has 150 valence electrons. The SMILES string of the molecule is CN1CCOP1(=O)OC[C@H]1O[C@@H](n2cc(/C=C/Br)c(=O)[nH]c2=O)[C@H](O)[C@@H]1O. The Morgan fingerprint density at radius 2 is 2.19 bits per heavy atom. The normalized spacial score (nSPS) is 34.7. The van der Waals surface area contributed by atoms with Crippen LogP contribution >= 0.6 is 23.7 Å². The Morgan fingerprint density at radius 3 is 2.81 bits per heavy atom. The minimum atomic E-state index is -3.45. The summed E-state index contributed by atoms with van der Waals surface area (Å²) in [6.07, 6.45) is -2.56. The molecule has 0 saturated carbocycles. The van der Waals surface area contributed by atoms with Crippen LogP contribution in [0.2, 0.25) is 0 Å². The van der Waals surface area contributed by atoms with Crippen LogP contribution < -0.4 is 11.2 Å². The molecule has 0 bridgehead atoms. The first-order valence-corrected chi connectivity index (χ1v) is 10.4. The molecule has 1 unspecified atom stereocenters. The quantitative estimate of drug-likeness (QED) is 0.493. The van der Waals surface area contributed by atoms with Gasteiger partial charge < -0.3 is 14.9 Å². The summed E-state index contributed by atoms with van der Waals surface area (Å²) in [6.45, 7) is 0.375. The fourth-order valence-electron chi connectivity index (χ4n) is 2.79. The molecule has 3 rings (SSSR count). The molecule has 1 aromatic rings. The van der Waals surface area contributed by atoms with Crippen molar-refractivity contribution in [1.82, 2.24) is 14.2 Å². The Hall–Kier alpha value is -1.11. The number of hydrogen-bond donors (Lipinski definition) is 3. The molecule has 1 aromatic heterocycles. The fraction of sp³-hybridized carbons (Fsp3) is 0.571. The highest BCUT2D eigenvalue weighted by Gasteiger charge is 2.46. The number of H-pyrrole nitrogens is 1. The third-order valence-electron chi connectivity index (χ3n) is 4.34. The largest absolute Gasteiger partial charge is 0.408 e. The van der Waals surface area contributed by atoms with Gasteiger partial charge in [0.25, 0.3) is 5.56 Å². The van der Waals surface area contributed by atoms with Crippen molar-refractivity contribution < 1.29 is 28.6 Å². The van der Waals surface area contributed by atoms with E-state index in [0.717, 1.165) is 4.57 Å². The highest BCUT2D eigenvalue weighted by Crippen LogP contribution is 2.54. The van der Waals surface area contributed by atoms with E-state index in [-0.39, 0.29) is 18.8 Å². The highest BCUT2D eigenvalue weighted by molar-refractivity contribution is 9.11. The molecule has 2 saturated heterocycles. The lowest BCUT2D eigenvalue weighted by atomic mass is 10.1. The van der Waals surface area contributed by atoms with Gasteiger partial charge in [-0.3, -0.25) is 23.4 Å². The van der Waals surface area contributed by atoms with Crippen LogP contribution in [0.25, 0.3) is 6.08 Å². The van der Waals surface area contributed by atoms with Crippen LogP contribution in [0.15, 0.2) is 20.8 Å². The second kappa shape index (κ2) is 8.10. The van der Waals surface area contributed by atoms with Crippen LogP contribution in [-0.4, -0.2) is 69.6 Å². The van der Waals surface area contributed by atoms with Gasteiger partial charge in [-0.05, 0) is 18.1 Å². The van der Waals surface area contributed by atoms with Gasteiger partial charge >= 0.3 is 13.4 Å². The molecular formula is C14H19BrN3O8P. The van der Waals surface area contributed by atoms with Gasteiger partial charge in [0.2, 0.25) is 0 Å². The van der Waals surface area contributed by atoms with E-state index in [4.69, 9.17) is 13.8 Å². The van der Waals surface area contributed by atoms with Crippen LogP contribution in [0, 0.1) is 0 Å². The van der Waals surface area contributed by atoms with E-state index in [1.165, 1.54) is 21.9 Å². The first-order valence-electron chi connectivity index (χ1n) is 8.01. The zero-order valence-electron chi connectivity index (χ0n) is 14.2. The number of aliphatic hydroxyl groups excluding tert-OH is 2. The van der Waals surface area contributed by atoms with Crippen molar-refractivity contribution in [2.75, 3.05) is 26.8 Å². The molecule has 0 spiro atoms. The number of aromatic nitrogens is 2. The van der Waals surface area contributed by atoms with Crippen molar-refractivity contribution in [2.24, 2.45) is 0 Å². The predicted molar refractivity (Wildman–Crippen MR) is 97.3 cm³/mol. The highest BCUT2D eigenvalue weighted by atomic mass is 79.9. The van der Waals surface area contributed by atoms with E-state index in [1.54, 1.807) is 7.05 Å². The number of ether oxygens (including phenoxy) is 1. The van der Waals surface area contributed by atoms with Crippen molar-refractivity contribution >= 4 is 29.8 Å². The molecule has 0 amide bonds. The fourth-order valence-corrected chi connectivity index (χ4v) is 4.51. The summed E-state index contributed by atoms with van der Waals surface area (Å²) >= 11 is 3.04. The molecule has 0 aromatic carbocycles. The Bertz CT molecular complexity index is 886. The maximum absolute atomic E-state index is 12.4. The molecule has 2 aliphatic rings. The first kappa shape index (κ1) is 20.6. The molecule has 0 radical (unpaired) electrons. The van der Waals surface area contributed by atoms with Gasteiger partial charge in [0, 0.05) is 12.7 Å². The minimum Gasteiger partial charge on any atom is -0.387 e. The van der Waals surface area contributed by atoms with Gasteiger partial charge in [-0.25, -0.2) is 14.0 Å². The summed E-state index contributed by atoms with van der Waals surface area (Å²) in [5, 5.41) is 20.5. The zero-order valence-corrected chi connectivity index (χ0v) is 16.7. The Labute approximate surface area is 161 Å². The Morgan fingerprint density at radius 1 is 1.44 bits per heavy atom. The maximum atomic E-state index is 12.4. The second-order valence-corrected chi connectivity index (χ2v) is 8.73. The van der Waals surface area contributed by atoms with E-state index in [1.807, 2.05) is 0 Å². The smallest absolute Gasteiger partial charge is 0.387 e. The van der Waals surface area contributed by atoms with Crippen LogP contribution in [-0.2, 0) is 18.3 Å². The third-order valence-corrected chi connectivity index (χ3v) is 6.62. The summed E-state index contributed by atoms with van der Waals surface area (Å²) in [4.78, 5) is 27.4. The average Bonchev–Trinajstić information content (AvgIpc) is 3.09. The van der Waals surface area contributed by atoms with Gasteiger partial charge in [-0.1, -0.05) is 15.9 Å². The number of rotatable bonds is 5. The molecule has 0 aliphatic carbocycles. The summed E-state index contributed by atoms with van der Waals surface area (Å²) < 4.78 is 30.8. The van der Waals surface area contributed by atoms with Gasteiger partial charge in [0.05, 0.1) is 18.8 Å². The molecular weight excluding hydrogens is 449 g/mol. The van der Waals surface area contributed by atoms with E-state index < -0.39 is 43.5 Å². The van der Waals surface area contributed by atoms with E-state index >= 15 is 0 Å². The number of nitrogens with zero attached hydrogens (tertiary/aromatic N) is 2. The van der Waals surface area contributed by atoms with Crippen molar-refractivity contribution in [3.8, 4) is 0 Å². The van der Waals surface area contributed by atoms with Crippen LogP contribution in [0.4, 0.5) is 0 Å².